The number of carbonyl (C=O) groups excluding carboxylic acids is 2. The van der Waals surface area contributed by atoms with Gasteiger partial charge in [0.25, 0.3) is 0 Å². The maximum Gasteiger partial charge on any atom is 0.326 e. The number of carboxylic acid groups (broad SMARTS) is 1. The molecule has 0 unspecified atom stereocenters. The van der Waals surface area contributed by atoms with Crippen LogP contribution in [0.5, 0.6) is 0 Å². The summed E-state index contributed by atoms with van der Waals surface area (Å²) in [5.41, 5.74) is 5.61. The average molecular weight is 347 g/mol. The van der Waals surface area contributed by atoms with Gasteiger partial charge in [0, 0.05) is 5.75 Å². The van der Waals surface area contributed by atoms with Crippen LogP contribution >= 0.6 is 12.6 Å². The summed E-state index contributed by atoms with van der Waals surface area (Å²) in [6.45, 7) is 7.46. The summed E-state index contributed by atoms with van der Waals surface area (Å²) in [5, 5.41) is 14.3. The second-order valence-corrected chi connectivity index (χ2v) is 6.55. The van der Waals surface area contributed by atoms with E-state index < -0.39 is 35.9 Å². The summed E-state index contributed by atoms with van der Waals surface area (Å²) < 4.78 is 0. The minimum absolute atomic E-state index is 0.116. The summed E-state index contributed by atoms with van der Waals surface area (Å²) >= 11 is 3.96. The number of rotatable bonds is 10. The molecule has 4 atom stereocenters. The summed E-state index contributed by atoms with van der Waals surface area (Å²) in [7, 11) is 0. The normalized spacial score (nSPS) is 16.3. The molecule has 0 saturated carbocycles. The predicted octanol–water partition coefficient (Wildman–Crippen LogP) is 0.390. The Labute approximate surface area is 143 Å². The van der Waals surface area contributed by atoms with Crippen LogP contribution in [0, 0.1) is 11.8 Å². The fourth-order valence-electron chi connectivity index (χ4n) is 2.00. The molecule has 0 aliphatic rings. The first kappa shape index (κ1) is 21.7. The number of hydrogen-bond acceptors (Lipinski definition) is 5. The molecule has 0 radical (unpaired) electrons. The number of nitrogens with two attached hydrogens (primary N) is 1. The van der Waals surface area contributed by atoms with Crippen LogP contribution < -0.4 is 16.4 Å². The topological polar surface area (TPSA) is 122 Å². The Morgan fingerprint density at radius 1 is 1.13 bits per heavy atom. The van der Waals surface area contributed by atoms with E-state index in [0.717, 1.165) is 0 Å². The molecule has 0 rings (SSSR count). The van der Waals surface area contributed by atoms with Crippen molar-refractivity contribution in [2.45, 2.75) is 58.7 Å². The van der Waals surface area contributed by atoms with Gasteiger partial charge in [-0.15, -0.1) is 0 Å². The Morgan fingerprint density at radius 3 is 2.09 bits per heavy atom. The molecule has 0 saturated heterocycles. The van der Waals surface area contributed by atoms with Crippen LogP contribution in [0.2, 0.25) is 0 Å². The van der Waals surface area contributed by atoms with Crippen molar-refractivity contribution in [3.63, 3.8) is 0 Å². The highest BCUT2D eigenvalue weighted by Gasteiger charge is 2.30. The highest BCUT2D eigenvalue weighted by atomic mass is 32.1. The minimum Gasteiger partial charge on any atom is -0.480 e. The highest BCUT2D eigenvalue weighted by molar-refractivity contribution is 7.80. The predicted molar refractivity (Wildman–Crippen MR) is 92.2 cm³/mol. The zero-order chi connectivity index (χ0) is 18.2. The number of hydrogen-bond donors (Lipinski definition) is 5. The van der Waals surface area contributed by atoms with Crippen molar-refractivity contribution in [2.24, 2.45) is 17.6 Å². The van der Waals surface area contributed by atoms with Crippen LogP contribution in [0.1, 0.15) is 40.5 Å². The number of amides is 2. The third kappa shape index (κ3) is 7.69. The van der Waals surface area contributed by atoms with Gasteiger partial charge in [0.05, 0.1) is 6.04 Å². The lowest BCUT2D eigenvalue weighted by Crippen LogP contribution is -2.57. The molecular formula is C15H29N3O4S. The monoisotopic (exact) mass is 347 g/mol. The van der Waals surface area contributed by atoms with Crippen LogP contribution in [-0.4, -0.2) is 46.8 Å². The summed E-state index contributed by atoms with van der Waals surface area (Å²) in [5.74, 6) is -1.95. The molecule has 5 N–H and O–H groups in total. The van der Waals surface area contributed by atoms with Crippen LogP contribution in [-0.2, 0) is 14.4 Å². The number of nitrogens with one attached hydrogen (secondary N) is 2. The smallest absolute Gasteiger partial charge is 0.326 e. The van der Waals surface area contributed by atoms with Crippen LogP contribution in [0.4, 0.5) is 0 Å². The molecule has 0 heterocycles. The van der Waals surface area contributed by atoms with Crippen molar-refractivity contribution in [2.75, 3.05) is 5.75 Å². The molecule has 0 spiro atoms. The van der Waals surface area contributed by atoms with E-state index >= 15 is 0 Å². The van der Waals surface area contributed by atoms with Gasteiger partial charge in [-0.05, 0) is 18.3 Å². The van der Waals surface area contributed by atoms with E-state index in [-0.39, 0.29) is 17.6 Å². The van der Waals surface area contributed by atoms with Gasteiger partial charge in [-0.1, -0.05) is 34.1 Å². The molecule has 23 heavy (non-hydrogen) atoms. The van der Waals surface area contributed by atoms with Crippen LogP contribution in [0.3, 0.4) is 0 Å². The maximum atomic E-state index is 12.4. The van der Waals surface area contributed by atoms with Crippen LogP contribution in [0.25, 0.3) is 0 Å². The second-order valence-electron chi connectivity index (χ2n) is 6.19. The first-order chi connectivity index (χ1) is 10.6. The van der Waals surface area contributed by atoms with Gasteiger partial charge >= 0.3 is 5.97 Å². The average Bonchev–Trinajstić information content (AvgIpc) is 2.49. The SMILES string of the molecule is CC[C@H](C)[C@H](NC(=O)[C@@H](N)CS)C(=O)N[C@@H](CC(C)C)C(=O)O. The standard InChI is InChI=1S/C15H29N3O4S/c1-5-9(4)12(18-13(19)10(16)7-23)14(20)17-11(15(21)22)6-8(2)3/h8-12,23H,5-7,16H2,1-4H3,(H,17,20)(H,18,19)(H,21,22)/t9-,10-,11-,12-/m0/s1. The van der Waals surface area contributed by atoms with Crippen molar-refractivity contribution in [1.29, 1.82) is 0 Å². The fraction of sp³-hybridized carbons (Fsp3) is 0.800. The molecule has 2 amide bonds. The van der Waals surface area contributed by atoms with Crippen molar-refractivity contribution in [3.05, 3.63) is 0 Å². The van der Waals surface area contributed by atoms with Crippen molar-refractivity contribution in [3.8, 4) is 0 Å². The van der Waals surface area contributed by atoms with E-state index in [1.54, 1.807) is 0 Å². The van der Waals surface area contributed by atoms with E-state index in [2.05, 4.69) is 23.3 Å². The lowest BCUT2D eigenvalue weighted by atomic mass is 9.96. The van der Waals surface area contributed by atoms with Gasteiger partial charge in [-0.2, -0.15) is 12.6 Å². The van der Waals surface area contributed by atoms with E-state index in [1.165, 1.54) is 0 Å². The Balaban J connectivity index is 5.05. The number of carbonyl (C=O) groups is 3. The lowest BCUT2D eigenvalue weighted by Gasteiger charge is -2.26. The fourth-order valence-corrected chi connectivity index (χ4v) is 2.17. The second kappa shape index (κ2) is 10.5. The maximum absolute atomic E-state index is 12.4. The van der Waals surface area contributed by atoms with Gasteiger partial charge in [0.15, 0.2) is 0 Å². The highest BCUT2D eigenvalue weighted by Crippen LogP contribution is 2.11. The van der Waals surface area contributed by atoms with Crippen molar-refractivity contribution < 1.29 is 19.5 Å². The minimum atomic E-state index is -1.09. The van der Waals surface area contributed by atoms with E-state index in [0.29, 0.717) is 12.8 Å². The molecule has 0 aromatic heterocycles. The third-order valence-corrected chi connectivity index (χ3v) is 4.04. The molecule has 0 bridgehead atoms. The third-order valence-electron chi connectivity index (χ3n) is 3.65. The molecule has 0 aliphatic heterocycles. The van der Waals surface area contributed by atoms with Crippen molar-refractivity contribution in [1.82, 2.24) is 10.6 Å². The number of thiol groups is 1. The van der Waals surface area contributed by atoms with Gasteiger partial charge in [0.2, 0.25) is 11.8 Å². The van der Waals surface area contributed by atoms with Gasteiger partial charge in [0.1, 0.15) is 12.1 Å². The lowest BCUT2D eigenvalue weighted by molar-refractivity contribution is -0.143. The Kier molecular flexibility index (Phi) is 9.90. The number of aliphatic carboxylic acids is 1. The molecule has 0 fully saturated rings. The molecule has 8 heteroatoms. The summed E-state index contributed by atoms with van der Waals surface area (Å²) in [4.78, 5) is 35.6. The zero-order valence-corrected chi connectivity index (χ0v) is 15.1. The molecule has 7 nitrogen and oxygen atoms in total. The first-order valence-corrected chi connectivity index (χ1v) is 8.47. The molecule has 0 aliphatic carbocycles. The Morgan fingerprint density at radius 2 is 1.70 bits per heavy atom. The quantitative estimate of drug-likeness (QED) is 0.366. The summed E-state index contributed by atoms with van der Waals surface area (Å²) in [6.07, 6.45) is 0.967. The molecule has 134 valence electrons. The number of carboxylic acids is 1. The first-order valence-electron chi connectivity index (χ1n) is 7.83. The largest absolute Gasteiger partial charge is 0.480 e. The van der Waals surface area contributed by atoms with Gasteiger partial charge in [-0.25, -0.2) is 4.79 Å². The molecule has 0 aromatic carbocycles. The van der Waals surface area contributed by atoms with Gasteiger partial charge < -0.3 is 21.5 Å². The summed E-state index contributed by atoms with van der Waals surface area (Å²) in [6, 6.07) is -2.62. The van der Waals surface area contributed by atoms with E-state index in [1.807, 2.05) is 27.7 Å². The van der Waals surface area contributed by atoms with Crippen molar-refractivity contribution >= 4 is 30.4 Å². The van der Waals surface area contributed by atoms with E-state index in [4.69, 9.17) is 5.73 Å². The van der Waals surface area contributed by atoms with Crippen LogP contribution in [0.15, 0.2) is 0 Å². The van der Waals surface area contributed by atoms with E-state index in [9.17, 15) is 19.5 Å². The van der Waals surface area contributed by atoms with Gasteiger partial charge in [-0.3, -0.25) is 9.59 Å². The Hall–Kier alpha value is -1.28. The molecular weight excluding hydrogens is 318 g/mol. The Bertz CT molecular complexity index is 418. The molecule has 0 aromatic rings. The zero-order valence-electron chi connectivity index (χ0n) is 14.2.